The van der Waals surface area contributed by atoms with Crippen molar-refractivity contribution in [1.29, 1.82) is 0 Å². The average molecular weight is 306 g/mol. The van der Waals surface area contributed by atoms with Gasteiger partial charge in [0.05, 0.1) is 0 Å². The van der Waals surface area contributed by atoms with E-state index in [1.807, 2.05) is 18.9 Å². The molecule has 126 valence electrons. The normalized spacial score (nSPS) is 11.5. The molecule has 0 amide bonds. The predicted octanol–water partition coefficient (Wildman–Crippen LogP) is 6.23. The molecule has 0 bridgehead atoms. The molecule has 1 aromatic carbocycles. The Labute approximate surface area is 137 Å². The van der Waals surface area contributed by atoms with Crippen LogP contribution in [0.4, 0.5) is 0 Å². The smallest absolute Gasteiger partial charge is 0.119 e. The first-order valence-corrected chi connectivity index (χ1v) is 8.86. The van der Waals surface area contributed by atoms with Crippen molar-refractivity contribution in [3.63, 3.8) is 0 Å². The lowest BCUT2D eigenvalue weighted by atomic mass is 9.88. The van der Waals surface area contributed by atoms with Gasteiger partial charge in [-0.05, 0) is 30.4 Å². The van der Waals surface area contributed by atoms with E-state index >= 15 is 0 Å². The minimum absolute atomic E-state index is 0.486. The van der Waals surface area contributed by atoms with Gasteiger partial charge in [0.2, 0.25) is 0 Å². The number of hydrogen-bond donors (Lipinski definition) is 1. The number of para-hydroxylation sites is 1. The molecule has 1 aromatic rings. The van der Waals surface area contributed by atoms with Crippen LogP contribution in [0, 0.1) is 0 Å². The summed E-state index contributed by atoms with van der Waals surface area (Å²) in [5, 5.41) is 10.1. The van der Waals surface area contributed by atoms with Gasteiger partial charge in [-0.3, -0.25) is 0 Å². The number of carbonyl (C=O) groups is 1. The summed E-state index contributed by atoms with van der Waals surface area (Å²) >= 11 is 0. The van der Waals surface area contributed by atoms with Gasteiger partial charge >= 0.3 is 0 Å². The molecular weight excluding hydrogens is 272 g/mol. The summed E-state index contributed by atoms with van der Waals surface area (Å²) in [6.07, 6.45) is 13.0. The van der Waals surface area contributed by atoms with Gasteiger partial charge in [-0.2, -0.15) is 0 Å². The minimum atomic E-state index is 0.486. The third kappa shape index (κ3) is 8.86. The molecule has 0 saturated heterocycles. The first-order valence-electron chi connectivity index (χ1n) is 8.86. The lowest BCUT2D eigenvalue weighted by Crippen LogP contribution is -2.00. The van der Waals surface area contributed by atoms with Crippen molar-refractivity contribution in [1.82, 2.24) is 0 Å². The molecule has 0 radical (unpaired) electrons. The number of unbranched alkanes of at least 4 members (excludes halogenated alkanes) is 6. The van der Waals surface area contributed by atoms with E-state index in [-0.39, 0.29) is 0 Å². The summed E-state index contributed by atoms with van der Waals surface area (Å²) in [5.74, 6) is 1.03. The van der Waals surface area contributed by atoms with Gasteiger partial charge in [0, 0.05) is 0 Å². The lowest BCUT2D eigenvalue weighted by molar-refractivity contribution is -0.0979. The Kier molecular flexibility index (Phi) is 13.7. The highest BCUT2D eigenvalue weighted by Gasteiger charge is 2.14. The SMILES string of the molecule is C=O.CCCCCCCCC(CCCC)c1ccccc1O. The molecule has 0 saturated carbocycles. The fourth-order valence-electron chi connectivity index (χ4n) is 2.91. The van der Waals surface area contributed by atoms with Crippen LogP contribution < -0.4 is 0 Å². The number of phenols is 1. The Morgan fingerprint density at radius 2 is 1.41 bits per heavy atom. The highest BCUT2D eigenvalue weighted by atomic mass is 16.3. The van der Waals surface area contributed by atoms with Gasteiger partial charge in [0.1, 0.15) is 12.5 Å². The van der Waals surface area contributed by atoms with Crippen LogP contribution in [0.3, 0.4) is 0 Å². The van der Waals surface area contributed by atoms with Crippen LogP contribution in [0.15, 0.2) is 24.3 Å². The molecule has 2 heteroatoms. The molecule has 0 heterocycles. The summed E-state index contributed by atoms with van der Waals surface area (Å²) in [7, 11) is 0. The maximum absolute atomic E-state index is 10.1. The van der Waals surface area contributed by atoms with Crippen LogP contribution in [0.2, 0.25) is 0 Å². The number of carbonyl (C=O) groups excluding carboxylic acids is 1. The Morgan fingerprint density at radius 3 is 2.05 bits per heavy atom. The van der Waals surface area contributed by atoms with Crippen molar-refractivity contribution >= 4 is 6.79 Å². The molecule has 0 aliphatic heterocycles. The van der Waals surface area contributed by atoms with Gasteiger partial charge in [0.15, 0.2) is 0 Å². The Balaban J connectivity index is 0.00000211. The quantitative estimate of drug-likeness (QED) is 0.492. The first kappa shape index (κ1) is 20.7. The van der Waals surface area contributed by atoms with Gasteiger partial charge in [-0.1, -0.05) is 83.4 Å². The summed E-state index contributed by atoms with van der Waals surface area (Å²) in [5.41, 5.74) is 1.16. The van der Waals surface area contributed by atoms with E-state index in [2.05, 4.69) is 26.0 Å². The zero-order valence-electron chi connectivity index (χ0n) is 14.5. The molecule has 0 aromatic heterocycles. The molecule has 2 nitrogen and oxygen atoms in total. The second-order valence-corrected chi connectivity index (χ2v) is 5.95. The monoisotopic (exact) mass is 306 g/mol. The van der Waals surface area contributed by atoms with Crippen molar-refractivity contribution in [2.75, 3.05) is 0 Å². The number of benzene rings is 1. The highest BCUT2D eigenvalue weighted by Crippen LogP contribution is 2.33. The highest BCUT2D eigenvalue weighted by molar-refractivity contribution is 5.34. The Morgan fingerprint density at radius 1 is 0.864 bits per heavy atom. The Hall–Kier alpha value is -1.31. The largest absolute Gasteiger partial charge is 0.508 e. The fourth-order valence-corrected chi connectivity index (χ4v) is 2.91. The second-order valence-electron chi connectivity index (χ2n) is 5.95. The molecule has 0 aliphatic rings. The number of rotatable bonds is 11. The lowest BCUT2D eigenvalue weighted by Gasteiger charge is -2.18. The number of phenolic OH excluding ortho intramolecular Hbond substituents is 1. The summed E-state index contributed by atoms with van der Waals surface area (Å²) in [4.78, 5) is 8.00. The third-order valence-electron chi connectivity index (χ3n) is 4.19. The van der Waals surface area contributed by atoms with Crippen molar-refractivity contribution in [2.45, 2.75) is 84.0 Å². The van der Waals surface area contributed by atoms with Crippen LogP contribution >= 0.6 is 0 Å². The van der Waals surface area contributed by atoms with E-state index in [1.165, 1.54) is 64.2 Å². The van der Waals surface area contributed by atoms with Crippen molar-refractivity contribution in [3.8, 4) is 5.75 Å². The van der Waals surface area contributed by atoms with Crippen molar-refractivity contribution in [2.24, 2.45) is 0 Å². The van der Waals surface area contributed by atoms with E-state index < -0.39 is 0 Å². The number of aromatic hydroxyl groups is 1. The second kappa shape index (κ2) is 14.6. The van der Waals surface area contributed by atoms with Gasteiger partial charge < -0.3 is 9.90 Å². The van der Waals surface area contributed by atoms with Crippen LogP contribution in [-0.2, 0) is 4.79 Å². The summed E-state index contributed by atoms with van der Waals surface area (Å²) < 4.78 is 0. The van der Waals surface area contributed by atoms with Crippen LogP contribution in [0.1, 0.15) is 89.5 Å². The maximum atomic E-state index is 10.1. The number of hydrogen-bond acceptors (Lipinski definition) is 2. The van der Waals surface area contributed by atoms with E-state index in [4.69, 9.17) is 4.79 Å². The molecule has 0 aliphatic carbocycles. The molecule has 0 fully saturated rings. The van der Waals surface area contributed by atoms with Crippen molar-refractivity contribution < 1.29 is 9.90 Å². The van der Waals surface area contributed by atoms with Crippen molar-refractivity contribution in [3.05, 3.63) is 29.8 Å². The van der Waals surface area contributed by atoms with Gasteiger partial charge in [0.25, 0.3) is 0 Å². The van der Waals surface area contributed by atoms with E-state index in [0.717, 1.165) is 5.56 Å². The zero-order chi connectivity index (χ0) is 16.6. The maximum Gasteiger partial charge on any atom is 0.119 e. The van der Waals surface area contributed by atoms with Crippen LogP contribution in [0.25, 0.3) is 0 Å². The molecule has 1 atom stereocenters. The van der Waals surface area contributed by atoms with E-state index in [0.29, 0.717) is 11.7 Å². The molecule has 0 spiro atoms. The Bertz CT molecular complexity index is 362. The van der Waals surface area contributed by atoms with E-state index in [1.54, 1.807) is 0 Å². The third-order valence-corrected chi connectivity index (χ3v) is 4.19. The molecule has 22 heavy (non-hydrogen) atoms. The standard InChI is InChI=1S/C19H32O.CH2O/c1-3-5-7-8-9-10-14-17(13-6-4-2)18-15-11-12-16-19(18)20;1-2/h11-12,15-17,20H,3-10,13-14H2,1-2H3;1H2. The molecular formula is C20H34O2. The summed E-state index contributed by atoms with van der Waals surface area (Å²) in [6, 6.07) is 7.90. The molecule has 1 N–H and O–H groups in total. The molecule has 1 unspecified atom stereocenters. The van der Waals surface area contributed by atoms with Gasteiger partial charge in [-0.15, -0.1) is 0 Å². The fraction of sp³-hybridized carbons (Fsp3) is 0.650. The summed E-state index contributed by atoms with van der Waals surface area (Å²) in [6.45, 7) is 6.51. The van der Waals surface area contributed by atoms with Gasteiger partial charge in [-0.25, -0.2) is 0 Å². The van der Waals surface area contributed by atoms with Crippen LogP contribution in [0.5, 0.6) is 5.75 Å². The van der Waals surface area contributed by atoms with Crippen LogP contribution in [-0.4, -0.2) is 11.9 Å². The topological polar surface area (TPSA) is 37.3 Å². The predicted molar refractivity (Wildman–Crippen MR) is 95.5 cm³/mol. The average Bonchev–Trinajstić information content (AvgIpc) is 2.56. The minimum Gasteiger partial charge on any atom is -0.508 e. The molecule has 1 rings (SSSR count). The zero-order valence-corrected chi connectivity index (χ0v) is 14.5. The first-order chi connectivity index (χ1) is 10.8. The van der Waals surface area contributed by atoms with E-state index in [9.17, 15) is 5.11 Å².